The van der Waals surface area contributed by atoms with Crippen molar-refractivity contribution in [3.63, 3.8) is 0 Å². The maximum Gasteiger partial charge on any atom is 0.262 e. The predicted molar refractivity (Wildman–Crippen MR) is 94.8 cm³/mol. The number of hydrogen-bond acceptors (Lipinski definition) is 3. The summed E-state index contributed by atoms with van der Waals surface area (Å²) in [7, 11) is 0. The number of fused-ring (bicyclic) bond motifs is 1. The molecule has 0 bridgehead atoms. The van der Waals surface area contributed by atoms with Gasteiger partial charge in [-0.05, 0) is 35.9 Å². The van der Waals surface area contributed by atoms with Crippen LogP contribution in [0.3, 0.4) is 0 Å². The molecule has 25 heavy (non-hydrogen) atoms. The summed E-state index contributed by atoms with van der Waals surface area (Å²) in [6.07, 6.45) is 4.82. The predicted octanol–water partition coefficient (Wildman–Crippen LogP) is 3.42. The van der Waals surface area contributed by atoms with Crippen LogP contribution in [0.5, 0.6) is 0 Å². The maximum atomic E-state index is 13.2. The van der Waals surface area contributed by atoms with Gasteiger partial charge in [0.15, 0.2) is 5.65 Å². The van der Waals surface area contributed by atoms with Crippen LogP contribution in [0.2, 0.25) is 0 Å². The lowest BCUT2D eigenvalue weighted by atomic mass is 10.2. The zero-order chi connectivity index (χ0) is 17.2. The van der Waals surface area contributed by atoms with E-state index in [1.165, 1.54) is 18.3 Å². The molecule has 0 unspecified atom stereocenters. The van der Waals surface area contributed by atoms with Crippen molar-refractivity contribution in [2.24, 2.45) is 0 Å². The smallest absolute Gasteiger partial charge is 0.262 e. The molecule has 4 aromatic rings. The second-order valence-electron chi connectivity index (χ2n) is 5.47. The van der Waals surface area contributed by atoms with Crippen LogP contribution in [0.1, 0.15) is 11.4 Å². The molecule has 0 aliphatic heterocycles. The highest BCUT2D eigenvalue weighted by atomic mass is 19.1. The average molecular weight is 332 g/mol. The molecule has 5 nitrogen and oxygen atoms in total. The van der Waals surface area contributed by atoms with Crippen LogP contribution in [0.25, 0.3) is 28.9 Å². The number of nitrogens with one attached hydrogen (secondary N) is 1. The van der Waals surface area contributed by atoms with Crippen molar-refractivity contribution in [2.75, 3.05) is 0 Å². The largest absolute Gasteiger partial charge is 0.306 e. The fourth-order valence-electron chi connectivity index (χ4n) is 2.56. The van der Waals surface area contributed by atoms with Gasteiger partial charge in [0.1, 0.15) is 17.0 Å². The van der Waals surface area contributed by atoms with Crippen LogP contribution in [0, 0.1) is 5.82 Å². The van der Waals surface area contributed by atoms with Gasteiger partial charge in [-0.25, -0.2) is 14.1 Å². The number of aromatic nitrogens is 4. The molecular weight excluding hydrogens is 319 g/mol. The summed E-state index contributed by atoms with van der Waals surface area (Å²) in [5.74, 6) is 0.0562. The summed E-state index contributed by atoms with van der Waals surface area (Å²) in [6, 6.07) is 15.6. The molecule has 0 radical (unpaired) electrons. The monoisotopic (exact) mass is 332 g/mol. The Labute approximate surface area is 142 Å². The van der Waals surface area contributed by atoms with Crippen molar-refractivity contribution in [2.45, 2.75) is 0 Å². The van der Waals surface area contributed by atoms with E-state index in [1.807, 2.05) is 30.3 Å². The van der Waals surface area contributed by atoms with Crippen molar-refractivity contribution < 1.29 is 4.39 Å². The molecule has 4 rings (SSSR count). The van der Waals surface area contributed by atoms with E-state index in [0.29, 0.717) is 22.4 Å². The van der Waals surface area contributed by atoms with Crippen LogP contribution >= 0.6 is 0 Å². The van der Waals surface area contributed by atoms with Gasteiger partial charge in [0.05, 0.1) is 11.9 Å². The van der Waals surface area contributed by atoms with E-state index in [1.54, 1.807) is 29.0 Å². The Kier molecular flexibility index (Phi) is 3.70. The van der Waals surface area contributed by atoms with E-state index in [4.69, 9.17) is 0 Å². The minimum atomic E-state index is -0.318. The van der Waals surface area contributed by atoms with Crippen LogP contribution < -0.4 is 5.56 Å². The number of benzene rings is 2. The molecule has 0 spiro atoms. The third-order valence-corrected chi connectivity index (χ3v) is 3.74. The molecule has 2 heterocycles. The Morgan fingerprint density at radius 2 is 1.88 bits per heavy atom. The van der Waals surface area contributed by atoms with E-state index >= 15 is 0 Å². The fourth-order valence-corrected chi connectivity index (χ4v) is 2.56. The van der Waals surface area contributed by atoms with Gasteiger partial charge in [0.2, 0.25) is 0 Å². The molecule has 2 aromatic heterocycles. The summed E-state index contributed by atoms with van der Waals surface area (Å²) in [6.45, 7) is 0. The van der Waals surface area contributed by atoms with E-state index < -0.39 is 0 Å². The number of hydrogen-bond donors (Lipinski definition) is 1. The highest BCUT2D eigenvalue weighted by molar-refractivity contribution is 5.77. The van der Waals surface area contributed by atoms with Crippen molar-refractivity contribution in [3.8, 4) is 5.69 Å². The standard InChI is InChI=1S/C19H13FN4O/c20-14-6-4-5-13(11-14)9-10-17-22-18-16(19(25)23-17)12-21-24(18)15-7-2-1-3-8-15/h1-12H,(H,22,23,25). The van der Waals surface area contributed by atoms with Gasteiger partial charge >= 0.3 is 0 Å². The molecule has 0 atom stereocenters. The average Bonchev–Trinajstić information content (AvgIpc) is 3.05. The Balaban J connectivity index is 1.80. The van der Waals surface area contributed by atoms with Crippen LogP contribution in [-0.4, -0.2) is 19.7 Å². The highest BCUT2D eigenvalue weighted by Crippen LogP contribution is 2.14. The third kappa shape index (κ3) is 2.97. The van der Waals surface area contributed by atoms with Gasteiger partial charge in [-0.15, -0.1) is 0 Å². The molecule has 2 aromatic carbocycles. The van der Waals surface area contributed by atoms with Crippen molar-refractivity contribution in [1.82, 2.24) is 19.7 Å². The summed E-state index contributed by atoms with van der Waals surface area (Å²) in [5, 5.41) is 4.67. The second-order valence-corrected chi connectivity index (χ2v) is 5.47. The van der Waals surface area contributed by atoms with Crippen LogP contribution in [0.4, 0.5) is 4.39 Å². The summed E-state index contributed by atoms with van der Waals surface area (Å²) in [4.78, 5) is 19.4. The minimum absolute atomic E-state index is 0.272. The van der Waals surface area contributed by atoms with E-state index in [2.05, 4.69) is 15.1 Å². The number of rotatable bonds is 3. The highest BCUT2D eigenvalue weighted by Gasteiger charge is 2.10. The number of H-pyrrole nitrogens is 1. The normalized spacial score (nSPS) is 11.4. The Hall–Kier alpha value is -3.54. The molecule has 0 aliphatic carbocycles. The summed E-state index contributed by atoms with van der Waals surface area (Å²) in [5.41, 5.74) is 1.69. The zero-order valence-corrected chi connectivity index (χ0v) is 13.1. The molecule has 0 saturated heterocycles. The molecule has 0 fully saturated rings. The number of para-hydroxylation sites is 1. The molecule has 1 N–H and O–H groups in total. The number of aromatic amines is 1. The third-order valence-electron chi connectivity index (χ3n) is 3.74. The lowest BCUT2D eigenvalue weighted by molar-refractivity contribution is 0.627. The Morgan fingerprint density at radius 1 is 1.04 bits per heavy atom. The van der Waals surface area contributed by atoms with Gasteiger partial charge in [-0.3, -0.25) is 4.79 Å². The molecule has 122 valence electrons. The van der Waals surface area contributed by atoms with Gasteiger partial charge in [-0.2, -0.15) is 5.10 Å². The van der Waals surface area contributed by atoms with Crippen molar-refractivity contribution in [1.29, 1.82) is 0 Å². The molecule has 6 heteroatoms. The first kappa shape index (κ1) is 15.0. The molecule has 0 aliphatic rings. The minimum Gasteiger partial charge on any atom is -0.306 e. The van der Waals surface area contributed by atoms with Gasteiger partial charge < -0.3 is 4.98 Å². The zero-order valence-electron chi connectivity index (χ0n) is 13.1. The Morgan fingerprint density at radius 3 is 2.68 bits per heavy atom. The lowest BCUT2D eigenvalue weighted by Gasteiger charge is -2.02. The summed E-state index contributed by atoms with van der Waals surface area (Å²) < 4.78 is 14.9. The SMILES string of the molecule is O=c1[nH]c(C=Cc2cccc(F)c2)nc2c1cnn2-c1ccccc1. The Bertz CT molecular complexity index is 1130. The van der Waals surface area contributed by atoms with E-state index in [9.17, 15) is 9.18 Å². The van der Waals surface area contributed by atoms with E-state index in [-0.39, 0.29) is 11.4 Å². The summed E-state index contributed by atoms with van der Waals surface area (Å²) >= 11 is 0. The van der Waals surface area contributed by atoms with Crippen LogP contribution in [0.15, 0.2) is 65.6 Å². The topological polar surface area (TPSA) is 63.6 Å². The van der Waals surface area contributed by atoms with Gasteiger partial charge in [0, 0.05) is 0 Å². The lowest BCUT2D eigenvalue weighted by Crippen LogP contribution is -2.10. The van der Waals surface area contributed by atoms with Gasteiger partial charge in [-0.1, -0.05) is 36.4 Å². The molecule has 0 amide bonds. The first-order chi connectivity index (χ1) is 12.2. The van der Waals surface area contributed by atoms with Crippen molar-refractivity contribution in [3.05, 3.63) is 88.4 Å². The number of nitrogens with zero attached hydrogens (tertiary/aromatic N) is 3. The fraction of sp³-hybridized carbons (Fsp3) is 0. The molecular formula is C19H13FN4O. The van der Waals surface area contributed by atoms with E-state index in [0.717, 1.165) is 5.69 Å². The quantitative estimate of drug-likeness (QED) is 0.625. The first-order valence-electron chi connectivity index (χ1n) is 7.68. The number of halogens is 1. The maximum absolute atomic E-state index is 13.2. The molecule has 0 saturated carbocycles. The van der Waals surface area contributed by atoms with Crippen LogP contribution in [-0.2, 0) is 0 Å². The van der Waals surface area contributed by atoms with Crippen molar-refractivity contribution >= 4 is 23.2 Å². The second kappa shape index (κ2) is 6.16. The first-order valence-corrected chi connectivity index (χ1v) is 7.68. The van der Waals surface area contributed by atoms with Gasteiger partial charge in [0.25, 0.3) is 5.56 Å².